The average molecular weight is 265 g/mol. The molecule has 2 rings (SSSR count). The van der Waals surface area contributed by atoms with E-state index in [1.54, 1.807) is 31.2 Å². The fraction of sp³-hybridized carbons (Fsp3) is 0.273. The van der Waals surface area contributed by atoms with Crippen LogP contribution in [0.5, 0.6) is 0 Å². The van der Waals surface area contributed by atoms with Gasteiger partial charge in [0.05, 0.1) is 11.3 Å². The van der Waals surface area contributed by atoms with Crippen molar-refractivity contribution in [2.24, 2.45) is 0 Å². The molecule has 1 unspecified atom stereocenters. The molecule has 1 atom stereocenters. The molecule has 0 bridgehead atoms. The van der Waals surface area contributed by atoms with Crippen molar-refractivity contribution in [1.29, 1.82) is 0 Å². The van der Waals surface area contributed by atoms with Gasteiger partial charge in [-0.05, 0) is 19.1 Å². The number of benzene rings is 1. The van der Waals surface area contributed by atoms with Crippen LogP contribution in [0.1, 0.15) is 6.92 Å². The van der Waals surface area contributed by atoms with E-state index in [0.717, 1.165) is 11.8 Å². The monoisotopic (exact) mass is 265 g/mol. The normalized spacial score (nSPS) is 12.5. The van der Waals surface area contributed by atoms with Crippen molar-refractivity contribution in [3.63, 3.8) is 0 Å². The fourth-order valence-corrected chi connectivity index (χ4v) is 2.04. The Hall–Kier alpha value is -1.89. The van der Waals surface area contributed by atoms with Crippen LogP contribution in [0.3, 0.4) is 0 Å². The van der Waals surface area contributed by atoms with Gasteiger partial charge in [-0.3, -0.25) is 9.59 Å². The van der Waals surface area contributed by atoms with Crippen molar-refractivity contribution in [2.45, 2.75) is 18.1 Å². The summed E-state index contributed by atoms with van der Waals surface area (Å²) in [5.74, 6) is -0.744. The molecular weight excluding hydrogens is 254 g/mol. The molecule has 0 fully saturated rings. The van der Waals surface area contributed by atoms with Gasteiger partial charge >= 0.3 is 5.97 Å². The summed E-state index contributed by atoms with van der Waals surface area (Å²) in [7, 11) is 0. The molecule has 0 saturated carbocycles. The maximum Gasteiger partial charge on any atom is 0.316 e. The highest BCUT2D eigenvalue weighted by Crippen LogP contribution is 2.12. The number of nitrogens with zero attached hydrogens (tertiary/aromatic N) is 3. The first kappa shape index (κ1) is 12.6. The summed E-state index contributed by atoms with van der Waals surface area (Å²) >= 11 is 1.12. The number of carboxylic acid groups (broad SMARTS) is 1. The summed E-state index contributed by atoms with van der Waals surface area (Å²) in [6.45, 7) is 1.56. The second-order valence-electron chi connectivity index (χ2n) is 3.69. The molecule has 6 nitrogen and oxygen atoms in total. The molecule has 0 saturated heterocycles. The number of aromatic nitrogens is 3. The van der Waals surface area contributed by atoms with E-state index in [0.29, 0.717) is 10.9 Å². The van der Waals surface area contributed by atoms with E-state index >= 15 is 0 Å². The minimum Gasteiger partial charge on any atom is -0.480 e. The van der Waals surface area contributed by atoms with Gasteiger partial charge in [0.25, 0.3) is 5.56 Å². The zero-order valence-corrected chi connectivity index (χ0v) is 10.4. The number of aliphatic carboxylic acids is 1. The van der Waals surface area contributed by atoms with E-state index in [9.17, 15) is 9.59 Å². The molecule has 7 heteroatoms. The zero-order valence-electron chi connectivity index (χ0n) is 9.61. The van der Waals surface area contributed by atoms with Crippen LogP contribution in [-0.2, 0) is 10.7 Å². The lowest BCUT2D eigenvalue weighted by Crippen LogP contribution is -2.25. The summed E-state index contributed by atoms with van der Waals surface area (Å²) < 4.78 is 1.17. The minimum absolute atomic E-state index is 0.171. The van der Waals surface area contributed by atoms with Crippen LogP contribution in [0.15, 0.2) is 29.1 Å². The van der Waals surface area contributed by atoms with Crippen LogP contribution < -0.4 is 5.56 Å². The summed E-state index contributed by atoms with van der Waals surface area (Å²) in [6.07, 6.45) is 0. The molecule has 0 spiro atoms. The number of thioether (sulfide) groups is 1. The number of carboxylic acids is 1. The highest BCUT2D eigenvalue weighted by molar-refractivity contribution is 7.99. The first-order chi connectivity index (χ1) is 8.59. The van der Waals surface area contributed by atoms with E-state index in [1.165, 1.54) is 4.68 Å². The van der Waals surface area contributed by atoms with Crippen molar-refractivity contribution in [3.8, 4) is 0 Å². The van der Waals surface area contributed by atoms with E-state index in [-0.39, 0.29) is 11.4 Å². The number of rotatable bonds is 4. The molecule has 1 aromatic heterocycles. The quantitative estimate of drug-likeness (QED) is 0.886. The second-order valence-corrected chi connectivity index (χ2v) is 4.99. The lowest BCUT2D eigenvalue weighted by molar-refractivity contribution is -0.136. The number of hydrogen-bond acceptors (Lipinski definition) is 5. The average Bonchev–Trinajstić information content (AvgIpc) is 2.38. The molecule has 0 aliphatic rings. The smallest absolute Gasteiger partial charge is 0.316 e. The minimum atomic E-state index is -0.915. The summed E-state index contributed by atoms with van der Waals surface area (Å²) in [5.41, 5.74) is 0.278. The Balaban J connectivity index is 2.27. The SMILES string of the molecule is CC(SCn1nnc2ccccc2c1=O)C(=O)O. The molecule has 1 N–H and O–H groups in total. The molecule has 1 aromatic carbocycles. The van der Waals surface area contributed by atoms with Crippen LogP contribution in [0.25, 0.3) is 10.9 Å². The molecule has 0 aliphatic heterocycles. The van der Waals surface area contributed by atoms with Gasteiger partial charge in [-0.25, -0.2) is 4.68 Å². The Morgan fingerprint density at radius 2 is 2.22 bits per heavy atom. The molecule has 0 aliphatic carbocycles. The maximum atomic E-state index is 12.0. The van der Waals surface area contributed by atoms with Crippen molar-refractivity contribution in [1.82, 2.24) is 15.0 Å². The van der Waals surface area contributed by atoms with E-state index in [2.05, 4.69) is 10.3 Å². The standard InChI is InChI=1S/C11H11N3O3S/c1-7(11(16)17)18-6-14-10(15)8-4-2-3-5-9(8)12-13-14/h2-5,7H,6H2,1H3,(H,16,17). The second kappa shape index (κ2) is 5.18. The zero-order chi connectivity index (χ0) is 13.1. The van der Waals surface area contributed by atoms with Gasteiger partial charge in [-0.1, -0.05) is 17.3 Å². The van der Waals surface area contributed by atoms with E-state index in [4.69, 9.17) is 5.11 Å². The number of hydrogen-bond donors (Lipinski definition) is 1. The number of carbonyl (C=O) groups is 1. The van der Waals surface area contributed by atoms with Crippen LogP contribution in [0.4, 0.5) is 0 Å². The third-order valence-corrected chi connectivity index (χ3v) is 3.52. The maximum absolute atomic E-state index is 12.0. The van der Waals surface area contributed by atoms with Gasteiger partial charge in [0.1, 0.15) is 10.8 Å². The van der Waals surface area contributed by atoms with Gasteiger partial charge < -0.3 is 5.11 Å². The Bertz CT molecular complexity index is 641. The molecule has 1 heterocycles. The highest BCUT2D eigenvalue weighted by Gasteiger charge is 2.12. The number of fused-ring (bicyclic) bond motifs is 1. The van der Waals surface area contributed by atoms with Crippen molar-refractivity contribution >= 4 is 28.6 Å². The summed E-state index contributed by atoms with van der Waals surface area (Å²) in [6, 6.07) is 6.92. The molecule has 18 heavy (non-hydrogen) atoms. The predicted molar refractivity (Wildman–Crippen MR) is 68.5 cm³/mol. The van der Waals surface area contributed by atoms with Crippen LogP contribution in [-0.4, -0.2) is 31.3 Å². The Morgan fingerprint density at radius 3 is 2.94 bits per heavy atom. The predicted octanol–water partition coefficient (Wildman–Crippen LogP) is 0.955. The van der Waals surface area contributed by atoms with Gasteiger partial charge in [-0.2, -0.15) is 0 Å². The van der Waals surface area contributed by atoms with Crippen LogP contribution >= 0.6 is 11.8 Å². The summed E-state index contributed by atoms with van der Waals surface area (Å²) in [4.78, 5) is 22.7. The van der Waals surface area contributed by atoms with Gasteiger partial charge in [0, 0.05) is 0 Å². The fourth-order valence-electron chi connectivity index (χ4n) is 1.36. The van der Waals surface area contributed by atoms with Gasteiger partial charge in [-0.15, -0.1) is 16.9 Å². The lowest BCUT2D eigenvalue weighted by atomic mass is 10.2. The largest absolute Gasteiger partial charge is 0.480 e. The van der Waals surface area contributed by atoms with Crippen molar-refractivity contribution in [3.05, 3.63) is 34.6 Å². The highest BCUT2D eigenvalue weighted by atomic mass is 32.2. The van der Waals surface area contributed by atoms with Crippen LogP contribution in [0, 0.1) is 0 Å². The lowest BCUT2D eigenvalue weighted by Gasteiger charge is -2.07. The first-order valence-corrected chi connectivity index (χ1v) is 6.31. The Labute approximate surface area is 107 Å². The van der Waals surface area contributed by atoms with E-state index < -0.39 is 11.2 Å². The molecular formula is C11H11N3O3S. The van der Waals surface area contributed by atoms with Crippen LogP contribution in [0.2, 0.25) is 0 Å². The van der Waals surface area contributed by atoms with Crippen molar-refractivity contribution in [2.75, 3.05) is 0 Å². The summed E-state index contributed by atoms with van der Waals surface area (Å²) in [5, 5.41) is 16.3. The van der Waals surface area contributed by atoms with E-state index in [1.807, 2.05) is 0 Å². The molecule has 0 radical (unpaired) electrons. The Morgan fingerprint density at radius 1 is 1.50 bits per heavy atom. The Kier molecular flexibility index (Phi) is 3.61. The van der Waals surface area contributed by atoms with Gasteiger partial charge in [0.15, 0.2) is 0 Å². The first-order valence-electron chi connectivity index (χ1n) is 5.26. The molecule has 94 valence electrons. The topological polar surface area (TPSA) is 85.1 Å². The van der Waals surface area contributed by atoms with Crippen molar-refractivity contribution < 1.29 is 9.90 Å². The third kappa shape index (κ3) is 2.51. The molecule has 0 amide bonds. The molecule has 2 aromatic rings. The van der Waals surface area contributed by atoms with Gasteiger partial charge in [0.2, 0.25) is 0 Å². The third-order valence-electron chi connectivity index (χ3n) is 2.42.